The van der Waals surface area contributed by atoms with E-state index in [0.717, 1.165) is 23.8 Å². The summed E-state index contributed by atoms with van der Waals surface area (Å²) in [5, 5.41) is 9.09. The van der Waals surface area contributed by atoms with Crippen LogP contribution in [-0.2, 0) is 6.42 Å². The van der Waals surface area contributed by atoms with Crippen LogP contribution in [0.2, 0.25) is 0 Å². The van der Waals surface area contributed by atoms with E-state index in [1.54, 1.807) is 0 Å². The van der Waals surface area contributed by atoms with Crippen LogP contribution < -0.4 is 0 Å². The van der Waals surface area contributed by atoms with Crippen molar-refractivity contribution >= 4 is 0 Å². The summed E-state index contributed by atoms with van der Waals surface area (Å²) in [6, 6.07) is 10.3. The molecular formula is C18H23N. The first-order chi connectivity index (χ1) is 9.33. The Hall–Kier alpha value is -1.55. The Morgan fingerprint density at radius 2 is 1.84 bits per heavy atom. The number of aryl methyl sites for hydroxylation is 1. The zero-order valence-corrected chi connectivity index (χ0v) is 11.6. The third kappa shape index (κ3) is 3.96. The van der Waals surface area contributed by atoms with Crippen LogP contribution in [0.4, 0.5) is 0 Å². The molecule has 1 aromatic carbocycles. The van der Waals surface area contributed by atoms with Crippen molar-refractivity contribution in [2.75, 3.05) is 0 Å². The van der Waals surface area contributed by atoms with Gasteiger partial charge in [0, 0.05) is 0 Å². The van der Waals surface area contributed by atoms with Crippen LogP contribution in [-0.4, -0.2) is 0 Å². The molecule has 0 spiro atoms. The number of nitriles is 1. The topological polar surface area (TPSA) is 23.8 Å². The number of nitrogens with zero attached hydrogens (tertiary/aromatic N) is 1. The first-order valence-corrected chi connectivity index (χ1v) is 7.42. The fourth-order valence-electron chi connectivity index (χ4n) is 3.20. The maximum Gasteiger partial charge on any atom is 0.0994 e. The van der Waals surface area contributed by atoms with Crippen molar-refractivity contribution in [1.82, 2.24) is 0 Å². The lowest BCUT2D eigenvalue weighted by Gasteiger charge is -2.27. The monoisotopic (exact) mass is 253 g/mol. The lowest BCUT2D eigenvalue weighted by Crippen LogP contribution is -2.14. The van der Waals surface area contributed by atoms with Gasteiger partial charge in [0.1, 0.15) is 0 Å². The number of benzene rings is 1. The van der Waals surface area contributed by atoms with Gasteiger partial charge in [0.2, 0.25) is 0 Å². The second kappa shape index (κ2) is 7.14. The number of allylic oxidation sites excluding steroid dienone is 1. The molecule has 1 aliphatic rings. The molecule has 100 valence electrons. The second-order valence-corrected chi connectivity index (χ2v) is 5.72. The molecule has 0 amide bonds. The standard InChI is InChI=1S/C18H23N/c1-2-5-15-8-10-16(11-9-15)12-13-17-6-3-4-7-18(17)14-19/h2-4,6-7,15-16H,1,5,8-13H2/t15-,16-. The number of hydrogen-bond acceptors (Lipinski definition) is 1. The van der Waals surface area contributed by atoms with E-state index in [0.29, 0.717) is 0 Å². The minimum atomic E-state index is 0.850. The molecule has 0 bridgehead atoms. The SMILES string of the molecule is C=CC[C@H]1CC[C@H](CCc2ccccc2C#N)CC1. The average molecular weight is 253 g/mol. The van der Waals surface area contributed by atoms with Crippen molar-refractivity contribution in [1.29, 1.82) is 5.26 Å². The van der Waals surface area contributed by atoms with Gasteiger partial charge in [0.05, 0.1) is 11.6 Å². The van der Waals surface area contributed by atoms with E-state index in [1.807, 2.05) is 18.2 Å². The Kier molecular flexibility index (Phi) is 5.21. The maximum absolute atomic E-state index is 9.09. The van der Waals surface area contributed by atoms with Crippen molar-refractivity contribution in [3.8, 4) is 6.07 Å². The fraction of sp³-hybridized carbons (Fsp3) is 0.500. The Labute approximate surface area is 117 Å². The third-order valence-electron chi connectivity index (χ3n) is 4.43. The smallest absolute Gasteiger partial charge is 0.0994 e. The van der Waals surface area contributed by atoms with Gasteiger partial charge in [-0.05, 0) is 55.6 Å². The zero-order valence-electron chi connectivity index (χ0n) is 11.6. The average Bonchev–Trinajstić information content (AvgIpc) is 2.47. The van der Waals surface area contributed by atoms with Gasteiger partial charge < -0.3 is 0 Å². The summed E-state index contributed by atoms with van der Waals surface area (Å²) in [7, 11) is 0. The summed E-state index contributed by atoms with van der Waals surface area (Å²) in [5.74, 6) is 1.73. The van der Waals surface area contributed by atoms with Gasteiger partial charge in [-0.1, -0.05) is 37.1 Å². The molecule has 0 heterocycles. The highest BCUT2D eigenvalue weighted by Crippen LogP contribution is 2.33. The second-order valence-electron chi connectivity index (χ2n) is 5.72. The molecule has 0 N–H and O–H groups in total. The molecular weight excluding hydrogens is 230 g/mol. The van der Waals surface area contributed by atoms with Crippen molar-refractivity contribution in [2.45, 2.75) is 44.9 Å². The molecule has 0 atom stereocenters. The first-order valence-electron chi connectivity index (χ1n) is 7.42. The highest BCUT2D eigenvalue weighted by molar-refractivity contribution is 5.37. The molecule has 0 saturated heterocycles. The van der Waals surface area contributed by atoms with Crippen LogP contribution >= 0.6 is 0 Å². The van der Waals surface area contributed by atoms with E-state index in [4.69, 9.17) is 5.26 Å². The predicted octanol–water partition coefficient (Wildman–Crippen LogP) is 4.87. The molecule has 0 aliphatic heterocycles. The largest absolute Gasteiger partial charge is 0.192 e. The summed E-state index contributed by atoms with van der Waals surface area (Å²) in [6.45, 7) is 3.84. The maximum atomic E-state index is 9.09. The minimum Gasteiger partial charge on any atom is -0.192 e. The van der Waals surface area contributed by atoms with E-state index in [9.17, 15) is 0 Å². The molecule has 0 aromatic heterocycles. The van der Waals surface area contributed by atoms with Crippen molar-refractivity contribution < 1.29 is 0 Å². The van der Waals surface area contributed by atoms with Crippen LogP contribution in [0.25, 0.3) is 0 Å². The van der Waals surface area contributed by atoms with E-state index in [2.05, 4.69) is 24.8 Å². The fourth-order valence-corrected chi connectivity index (χ4v) is 3.20. The van der Waals surface area contributed by atoms with Gasteiger partial charge in [-0.25, -0.2) is 0 Å². The third-order valence-corrected chi connectivity index (χ3v) is 4.43. The quantitative estimate of drug-likeness (QED) is 0.686. The molecule has 2 rings (SSSR count). The van der Waals surface area contributed by atoms with Crippen molar-refractivity contribution in [3.05, 3.63) is 48.0 Å². The summed E-state index contributed by atoms with van der Waals surface area (Å²) in [4.78, 5) is 0. The predicted molar refractivity (Wildman–Crippen MR) is 79.7 cm³/mol. The van der Waals surface area contributed by atoms with Gasteiger partial charge in [-0.2, -0.15) is 5.26 Å². The summed E-state index contributed by atoms with van der Waals surface area (Å²) in [6.07, 6.45) is 11.0. The van der Waals surface area contributed by atoms with Crippen LogP contribution in [0.3, 0.4) is 0 Å². The van der Waals surface area contributed by atoms with Crippen LogP contribution in [0, 0.1) is 23.2 Å². The Morgan fingerprint density at radius 1 is 1.16 bits per heavy atom. The Bertz CT molecular complexity index is 447. The van der Waals surface area contributed by atoms with E-state index < -0.39 is 0 Å². The van der Waals surface area contributed by atoms with Gasteiger partial charge in [-0.15, -0.1) is 6.58 Å². The highest BCUT2D eigenvalue weighted by Gasteiger charge is 2.20. The van der Waals surface area contributed by atoms with E-state index >= 15 is 0 Å². The first kappa shape index (κ1) is 13.9. The minimum absolute atomic E-state index is 0.850. The molecule has 1 aliphatic carbocycles. The molecule has 1 nitrogen and oxygen atoms in total. The molecule has 1 heteroatoms. The highest BCUT2D eigenvalue weighted by atomic mass is 14.3. The van der Waals surface area contributed by atoms with Crippen LogP contribution in [0.5, 0.6) is 0 Å². The van der Waals surface area contributed by atoms with Gasteiger partial charge >= 0.3 is 0 Å². The van der Waals surface area contributed by atoms with Crippen LogP contribution in [0.15, 0.2) is 36.9 Å². The van der Waals surface area contributed by atoms with E-state index in [-0.39, 0.29) is 0 Å². The lowest BCUT2D eigenvalue weighted by atomic mass is 9.78. The number of rotatable bonds is 5. The zero-order chi connectivity index (χ0) is 13.5. The Morgan fingerprint density at radius 3 is 2.53 bits per heavy atom. The number of hydrogen-bond donors (Lipinski definition) is 0. The normalized spacial score (nSPS) is 22.7. The summed E-state index contributed by atoms with van der Waals surface area (Å²) < 4.78 is 0. The molecule has 19 heavy (non-hydrogen) atoms. The van der Waals surface area contributed by atoms with Crippen LogP contribution in [0.1, 0.15) is 49.7 Å². The molecule has 0 unspecified atom stereocenters. The molecule has 1 aromatic rings. The lowest BCUT2D eigenvalue weighted by molar-refractivity contribution is 0.265. The summed E-state index contributed by atoms with van der Waals surface area (Å²) >= 11 is 0. The summed E-state index contributed by atoms with van der Waals surface area (Å²) in [5.41, 5.74) is 2.07. The molecule has 1 fully saturated rings. The van der Waals surface area contributed by atoms with Crippen molar-refractivity contribution in [2.24, 2.45) is 11.8 Å². The Balaban J connectivity index is 1.81. The molecule has 0 radical (unpaired) electrons. The van der Waals surface area contributed by atoms with Gasteiger partial charge in [0.15, 0.2) is 0 Å². The molecule has 1 saturated carbocycles. The van der Waals surface area contributed by atoms with Crippen molar-refractivity contribution in [3.63, 3.8) is 0 Å². The van der Waals surface area contributed by atoms with Gasteiger partial charge in [0.25, 0.3) is 0 Å². The van der Waals surface area contributed by atoms with E-state index in [1.165, 1.54) is 44.1 Å². The van der Waals surface area contributed by atoms with Gasteiger partial charge in [-0.3, -0.25) is 0 Å².